The minimum absolute atomic E-state index is 0.0821. The highest BCUT2D eigenvalue weighted by Gasteiger charge is 1.92. The number of carbonyl (C=O) groups excluding carboxylic acids is 1. The fourth-order valence-electron chi connectivity index (χ4n) is 0.512. The van der Waals surface area contributed by atoms with E-state index >= 15 is 0 Å². The Morgan fingerprint density at radius 1 is 1.67 bits per heavy atom. The van der Waals surface area contributed by atoms with Gasteiger partial charge < -0.3 is 10.8 Å². The highest BCUT2D eigenvalue weighted by molar-refractivity contribution is 5.73. The summed E-state index contributed by atoms with van der Waals surface area (Å²) < 4.78 is 0. The van der Waals surface area contributed by atoms with E-state index in [1.807, 2.05) is 0 Å². The molecule has 53 valence electrons. The molecule has 0 rings (SSSR count). The SMILES string of the molecule is NC(=O)CCC[CH]CO. The Labute approximate surface area is 54.9 Å². The lowest BCUT2D eigenvalue weighted by Gasteiger charge is -1.93. The van der Waals surface area contributed by atoms with E-state index < -0.39 is 0 Å². The van der Waals surface area contributed by atoms with E-state index in [2.05, 4.69) is 0 Å². The number of primary amides is 1. The second-order valence-electron chi connectivity index (χ2n) is 1.83. The van der Waals surface area contributed by atoms with Crippen LogP contribution in [0.15, 0.2) is 0 Å². The largest absolute Gasteiger partial charge is 0.396 e. The van der Waals surface area contributed by atoms with Crippen molar-refractivity contribution < 1.29 is 9.90 Å². The highest BCUT2D eigenvalue weighted by atomic mass is 16.2. The first kappa shape index (κ1) is 8.43. The molecule has 0 atom stereocenters. The van der Waals surface area contributed by atoms with Gasteiger partial charge in [0, 0.05) is 13.0 Å². The van der Waals surface area contributed by atoms with Gasteiger partial charge in [-0.3, -0.25) is 4.79 Å². The smallest absolute Gasteiger partial charge is 0.217 e. The van der Waals surface area contributed by atoms with Gasteiger partial charge in [-0.1, -0.05) is 0 Å². The van der Waals surface area contributed by atoms with Crippen LogP contribution in [0.3, 0.4) is 0 Å². The average molecular weight is 130 g/mol. The molecule has 3 N–H and O–H groups in total. The van der Waals surface area contributed by atoms with Crippen LogP contribution in [0, 0.1) is 6.42 Å². The number of aliphatic hydroxyl groups is 1. The van der Waals surface area contributed by atoms with Crippen LogP contribution in [-0.2, 0) is 4.79 Å². The van der Waals surface area contributed by atoms with E-state index in [9.17, 15) is 4.79 Å². The van der Waals surface area contributed by atoms with Crippen molar-refractivity contribution in [3.63, 3.8) is 0 Å². The minimum atomic E-state index is -0.277. The van der Waals surface area contributed by atoms with Gasteiger partial charge in [-0.05, 0) is 19.3 Å². The van der Waals surface area contributed by atoms with Gasteiger partial charge in [-0.25, -0.2) is 0 Å². The molecule has 0 aromatic rings. The van der Waals surface area contributed by atoms with Crippen LogP contribution in [0.5, 0.6) is 0 Å². The van der Waals surface area contributed by atoms with Gasteiger partial charge in [0.15, 0.2) is 0 Å². The maximum atomic E-state index is 10.1. The maximum absolute atomic E-state index is 10.1. The van der Waals surface area contributed by atoms with Crippen molar-refractivity contribution in [1.82, 2.24) is 0 Å². The molecule has 0 saturated carbocycles. The molecule has 0 spiro atoms. The van der Waals surface area contributed by atoms with Gasteiger partial charge in [-0.2, -0.15) is 0 Å². The Morgan fingerprint density at radius 3 is 2.78 bits per heavy atom. The molecule has 0 aromatic carbocycles. The molecule has 0 bridgehead atoms. The van der Waals surface area contributed by atoms with E-state index in [-0.39, 0.29) is 12.5 Å². The fourth-order valence-corrected chi connectivity index (χ4v) is 0.512. The minimum Gasteiger partial charge on any atom is -0.396 e. The lowest BCUT2D eigenvalue weighted by atomic mass is 10.2. The monoisotopic (exact) mass is 130 g/mol. The Hall–Kier alpha value is -0.570. The van der Waals surface area contributed by atoms with Crippen molar-refractivity contribution in [2.75, 3.05) is 6.61 Å². The maximum Gasteiger partial charge on any atom is 0.217 e. The van der Waals surface area contributed by atoms with Gasteiger partial charge in [0.25, 0.3) is 0 Å². The third kappa shape index (κ3) is 7.43. The Balaban J connectivity index is 2.83. The fraction of sp³-hybridized carbons (Fsp3) is 0.667. The van der Waals surface area contributed by atoms with Gasteiger partial charge in [0.05, 0.1) is 0 Å². The van der Waals surface area contributed by atoms with Crippen molar-refractivity contribution in [3.05, 3.63) is 6.42 Å². The zero-order valence-corrected chi connectivity index (χ0v) is 5.34. The molecular formula is C6H12NO2. The third-order valence-corrected chi connectivity index (χ3v) is 0.961. The van der Waals surface area contributed by atoms with Crippen molar-refractivity contribution in [1.29, 1.82) is 0 Å². The number of carbonyl (C=O) groups is 1. The van der Waals surface area contributed by atoms with Crippen LogP contribution in [0.25, 0.3) is 0 Å². The second kappa shape index (κ2) is 5.56. The first-order valence-corrected chi connectivity index (χ1v) is 2.98. The van der Waals surface area contributed by atoms with Crippen LogP contribution >= 0.6 is 0 Å². The van der Waals surface area contributed by atoms with Crippen molar-refractivity contribution in [2.45, 2.75) is 19.3 Å². The lowest BCUT2D eigenvalue weighted by molar-refractivity contribution is -0.118. The standard InChI is InChI=1S/C6H12NO2/c7-6(9)4-2-1-3-5-8/h3,8H,1-2,4-5H2,(H2,7,9). The van der Waals surface area contributed by atoms with Crippen LogP contribution < -0.4 is 5.73 Å². The third-order valence-electron chi connectivity index (χ3n) is 0.961. The molecule has 0 aliphatic carbocycles. The zero-order chi connectivity index (χ0) is 7.11. The molecule has 3 nitrogen and oxygen atoms in total. The van der Waals surface area contributed by atoms with Crippen LogP contribution in [0.1, 0.15) is 19.3 Å². The Kier molecular flexibility index (Phi) is 5.21. The number of hydrogen-bond acceptors (Lipinski definition) is 2. The van der Waals surface area contributed by atoms with Crippen LogP contribution in [0.4, 0.5) is 0 Å². The molecule has 3 heteroatoms. The topological polar surface area (TPSA) is 63.3 Å². The summed E-state index contributed by atoms with van der Waals surface area (Å²) in [7, 11) is 0. The summed E-state index contributed by atoms with van der Waals surface area (Å²) in [5, 5.41) is 8.26. The van der Waals surface area contributed by atoms with E-state index in [0.29, 0.717) is 6.42 Å². The predicted octanol–water partition coefficient (Wildman–Crippen LogP) is -0.161. The molecule has 1 amide bonds. The van der Waals surface area contributed by atoms with Crippen molar-refractivity contribution in [3.8, 4) is 0 Å². The quantitative estimate of drug-likeness (QED) is 0.508. The molecule has 0 aliphatic rings. The molecule has 0 saturated heterocycles. The van der Waals surface area contributed by atoms with E-state index in [1.54, 1.807) is 6.42 Å². The van der Waals surface area contributed by atoms with E-state index in [4.69, 9.17) is 10.8 Å². The van der Waals surface area contributed by atoms with E-state index in [1.165, 1.54) is 0 Å². The number of amides is 1. The number of rotatable bonds is 5. The molecule has 1 radical (unpaired) electrons. The van der Waals surface area contributed by atoms with Gasteiger partial charge in [0.1, 0.15) is 0 Å². The Bertz CT molecular complexity index is 83.1. The summed E-state index contributed by atoms with van der Waals surface area (Å²) >= 11 is 0. The van der Waals surface area contributed by atoms with Gasteiger partial charge in [-0.15, -0.1) is 0 Å². The molecule has 0 unspecified atom stereocenters. The zero-order valence-electron chi connectivity index (χ0n) is 5.34. The summed E-state index contributed by atoms with van der Waals surface area (Å²) in [6.07, 6.45) is 3.63. The molecule has 0 fully saturated rings. The van der Waals surface area contributed by atoms with Gasteiger partial charge in [0.2, 0.25) is 5.91 Å². The van der Waals surface area contributed by atoms with Gasteiger partial charge >= 0.3 is 0 Å². The number of nitrogens with two attached hydrogens (primary N) is 1. The molecule has 0 aromatic heterocycles. The molecular weight excluding hydrogens is 118 g/mol. The summed E-state index contributed by atoms with van der Waals surface area (Å²) in [5.74, 6) is -0.277. The Morgan fingerprint density at radius 2 is 2.33 bits per heavy atom. The van der Waals surface area contributed by atoms with Crippen molar-refractivity contribution >= 4 is 5.91 Å². The highest BCUT2D eigenvalue weighted by Crippen LogP contribution is 1.95. The molecule has 9 heavy (non-hydrogen) atoms. The number of hydrogen-bond donors (Lipinski definition) is 2. The second-order valence-corrected chi connectivity index (χ2v) is 1.83. The summed E-state index contributed by atoms with van der Waals surface area (Å²) in [6, 6.07) is 0. The summed E-state index contributed by atoms with van der Waals surface area (Å²) in [4.78, 5) is 10.1. The first-order valence-electron chi connectivity index (χ1n) is 2.98. The summed E-state index contributed by atoms with van der Waals surface area (Å²) in [6.45, 7) is 0.0821. The molecule has 0 heterocycles. The lowest BCUT2D eigenvalue weighted by Crippen LogP contribution is -2.09. The average Bonchev–Trinajstić information content (AvgIpc) is 1.80. The normalized spacial score (nSPS) is 9.44. The molecule has 0 aliphatic heterocycles. The van der Waals surface area contributed by atoms with Crippen LogP contribution in [0.2, 0.25) is 0 Å². The van der Waals surface area contributed by atoms with Crippen molar-refractivity contribution in [2.24, 2.45) is 5.73 Å². The van der Waals surface area contributed by atoms with Crippen LogP contribution in [-0.4, -0.2) is 17.6 Å². The summed E-state index contributed by atoms with van der Waals surface area (Å²) in [5.41, 5.74) is 4.86. The van der Waals surface area contributed by atoms with E-state index in [0.717, 1.165) is 12.8 Å². The predicted molar refractivity (Wildman–Crippen MR) is 34.4 cm³/mol. The first-order chi connectivity index (χ1) is 4.27. The number of aliphatic hydroxyl groups excluding tert-OH is 1. The number of unbranched alkanes of at least 4 members (excludes halogenated alkanes) is 2.